The van der Waals surface area contributed by atoms with E-state index in [1.807, 2.05) is 24.3 Å². The highest BCUT2D eigenvalue weighted by Crippen LogP contribution is 2.36. The minimum absolute atomic E-state index is 0.0466. The Morgan fingerprint density at radius 1 is 1.30 bits per heavy atom. The number of esters is 1. The van der Waals surface area contributed by atoms with E-state index in [1.54, 1.807) is 20.8 Å². The molecule has 158 valence electrons. The van der Waals surface area contributed by atoms with Crippen LogP contribution in [0.1, 0.15) is 48.2 Å². The van der Waals surface area contributed by atoms with E-state index in [9.17, 15) is 19.1 Å². The summed E-state index contributed by atoms with van der Waals surface area (Å²) in [6.07, 6.45) is 8.48. The molecule has 4 rings (SSSR count). The van der Waals surface area contributed by atoms with Gasteiger partial charge in [-0.15, -0.1) is 0 Å². The van der Waals surface area contributed by atoms with Gasteiger partial charge in [-0.25, -0.2) is 18.7 Å². The lowest BCUT2D eigenvalue weighted by molar-refractivity contribution is 0.00595. The normalized spacial score (nSPS) is 25.4. The quantitative estimate of drug-likeness (QED) is 0.745. The number of carbonyl (C=O) groups excluding carboxylic acids is 2. The summed E-state index contributed by atoms with van der Waals surface area (Å²) in [5, 5.41) is 17.0. The van der Waals surface area contributed by atoms with E-state index in [0.29, 0.717) is 6.42 Å². The van der Waals surface area contributed by atoms with Crippen LogP contribution in [0.4, 0.5) is 4.39 Å². The van der Waals surface area contributed by atoms with Crippen LogP contribution in [0.2, 0.25) is 0 Å². The number of allylic oxidation sites excluding steroid dienone is 3. The van der Waals surface area contributed by atoms with Crippen LogP contribution in [-0.2, 0) is 4.74 Å². The summed E-state index contributed by atoms with van der Waals surface area (Å²) in [4.78, 5) is 29.6. The molecule has 0 spiro atoms. The van der Waals surface area contributed by atoms with Gasteiger partial charge in [0.2, 0.25) is 0 Å². The second-order valence-electron chi connectivity index (χ2n) is 8.57. The zero-order valence-electron chi connectivity index (χ0n) is 16.9. The van der Waals surface area contributed by atoms with Crippen molar-refractivity contribution >= 4 is 17.5 Å². The Morgan fingerprint density at radius 2 is 2.03 bits per heavy atom. The monoisotopic (exact) mass is 414 g/mol. The molecule has 0 radical (unpaired) electrons. The second kappa shape index (κ2) is 7.32. The van der Waals surface area contributed by atoms with Crippen LogP contribution in [0, 0.1) is 17.7 Å². The van der Waals surface area contributed by atoms with Crippen molar-refractivity contribution in [2.75, 3.05) is 0 Å². The van der Waals surface area contributed by atoms with E-state index in [1.165, 1.54) is 6.07 Å². The Hall–Kier alpha value is -3.07. The van der Waals surface area contributed by atoms with Crippen LogP contribution in [0.15, 0.2) is 36.6 Å². The van der Waals surface area contributed by atoms with Gasteiger partial charge >= 0.3 is 5.97 Å². The third kappa shape index (κ3) is 3.72. The Kier molecular flexibility index (Phi) is 4.93. The molecule has 2 aliphatic rings. The number of hydrogen-bond acceptors (Lipinski definition) is 6. The molecule has 2 heterocycles. The van der Waals surface area contributed by atoms with E-state index in [-0.39, 0.29) is 28.9 Å². The number of rotatable bonds is 3. The third-order valence-corrected chi connectivity index (χ3v) is 5.21. The third-order valence-electron chi connectivity index (χ3n) is 5.21. The zero-order valence-corrected chi connectivity index (χ0v) is 16.9. The highest BCUT2D eigenvalue weighted by atomic mass is 19.1. The minimum atomic E-state index is -0.787. The Bertz CT molecular complexity index is 1070. The first-order valence-corrected chi connectivity index (χ1v) is 9.75. The van der Waals surface area contributed by atoms with Gasteiger partial charge in [-0.2, -0.15) is 5.10 Å². The molecule has 4 atom stereocenters. The van der Waals surface area contributed by atoms with Gasteiger partial charge in [-0.1, -0.05) is 24.3 Å². The van der Waals surface area contributed by atoms with Crippen LogP contribution >= 0.6 is 0 Å². The predicted octanol–water partition coefficient (Wildman–Crippen LogP) is 2.05. The van der Waals surface area contributed by atoms with Crippen molar-refractivity contribution in [1.82, 2.24) is 19.9 Å². The molecule has 0 aliphatic heterocycles. The SMILES string of the molecule is CC(C)(C)OC(=O)c1cc(C(=O)NC2C3C=CC=CC3C[C@H]2O)nc2c(F)cnn12. The number of carbonyl (C=O) groups is 2. The predicted molar refractivity (Wildman–Crippen MR) is 105 cm³/mol. The van der Waals surface area contributed by atoms with Crippen molar-refractivity contribution in [1.29, 1.82) is 0 Å². The summed E-state index contributed by atoms with van der Waals surface area (Å²) >= 11 is 0. The number of nitrogens with one attached hydrogen (secondary N) is 1. The minimum Gasteiger partial charge on any atom is -0.455 e. The van der Waals surface area contributed by atoms with Crippen LogP contribution in [0.5, 0.6) is 0 Å². The molecule has 8 nitrogen and oxygen atoms in total. The van der Waals surface area contributed by atoms with Gasteiger partial charge in [0.05, 0.1) is 18.3 Å². The maximum Gasteiger partial charge on any atom is 0.357 e. The molecule has 3 unspecified atom stereocenters. The fraction of sp³-hybridized carbons (Fsp3) is 0.429. The molecule has 2 aromatic rings. The topological polar surface area (TPSA) is 106 Å². The molecule has 1 fully saturated rings. The van der Waals surface area contributed by atoms with E-state index >= 15 is 0 Å². The molecule has 30 heavy (non-hydrogen) atoms. The lowest BCUT2D eigenvalue weighted by atomic mass is 9.90. The Morgan fingerprint density at radius 3 is 2.77 bits per heavy atom. The largest absolute Gasteiger partial charge is 0.455 e. The summed E-state index contributed by atoms with van der Waals surface area (Å²) < 4.78 is 20.5. The van der Waals surface area contributed by atoms with Gasteiger partial charge in [0.15, 0.2) is 17.2 Å². The molecule has 2 N–H and O–H groups in total. The summed E-state index contributed by atoms with van der Waals surface area (Å²) in [6, 6.07) is 0.708. The zero-order chi connectivity index (χ0) is 21.6. The number of nitrogens with zero attached hydrogens (tertiary/aromatic N) is 3. The van der Waals surface area contributed by atoms with Gasteiger partial charge < -0.3 is 15.2 Å². The van der Waals surface area contributed by atoms with E-state index in [0.717, 1.165) is 10.7 Å². The number of hydrogen-bond donors (Lipinski definition) is 2. The molecule has 1 amide bonds. The van der Waals surface area contributed by atoms with Crippen molar-refractivity contribution < 1.29 is 23.8 Å². The summed E-state index contributed by atoms with van der Waals surface area (Å²) in [7, 11) is 0. The number of aliphatic hydroxyl groups excluding tert-OH is 1. The average Bonchev–Trinajstić information content (AvgIpc) is 3.20. The molecule has 0 aromatic carbocycles. The summed E-state index contributed by atoms with van der Waals surface area (Å²) in [5.41, 5.74) is -1.32. The smallest absolute Gasteiger partial charge is 0.357 e. The number of ether oxygens (including phenoxy) is 1. The number of aromatic nitrogens is 3. The Labute approximate surface area is 172 Å². The number of amides is 1. The van der Waals surface area contributed by atoms with Crippen molar-refractivity contribution in [2.45, 2.75) is 44.9 Å². The van der Waals surface area contributed by atoms with Gasteiger partial charge in [-0.05, 0) is 33.1 Å². The van der Waals surface area contributed by atoms with E-state index < -0.39 is 35.4 Å². The van der Waals surface area contributed by atoms with Crippen molar-refractivity contribution in [3.05, 3.63) is 53.8 Å². The average molecular weight is 414 g/mol. The summed E-state index contributed by atoms with van der Waals surface area (Å²) in [6.45, 7) is 5.10. The standard InChI is InChI=1S/C21H23FN4O4/c1-21(2,3)30-20(29)15-9-14(24-18-13(22)10-23-26(15)18)19(28)25-17-12-7-5-4-6-11(12)8-16(17)27/h4-7,9-12,16-17,27H,8H2,1-3H3,(H,25,28)/t11?,12?,16-,17?/m1/s1. The van der Waals surface area contributed by atoms with Gasteiger partial charge in [0.25, 0.3) is 5.91 Å². The summed E-state index contributed by atoms with van der Waals surface area (Å²) in [5.74, 6) is -2.05. The molecule has 0 saturated heterocycles. The van der Waals surface area contributed by atoms with Crippen LogP contribution < -0.4 is 5.32 Å². The molecule has 2 aliphatic carbocycles. The maximum atomic E-state index is 14.2. The lowest BCUT2D eigenvalue weighted by Gasteiger charge is -2.24. The first-order valence-electron chi connectivity index (χ1n) is 9.75. The van der Waals surface area contributed by atoms with Crippen molar-refractivity contribution in [2.24, 2.45) is 11.8 Å². The molecular formula is C21H23FN4O4. The van der Waals surface area contributed by atoms with Crippen LogP contribution in [0.3, 0.4) is 0 Å². The number of halogens is 1. The molecule has 1 saturated carbocycles. The fourth-order valence-electron chi connectivity index (χ4n) is 3.92. The van der Waals surface area contributed by atoms with Gasteiger partial charge in [0, 0.05) is 12.0 Å². The van der Waals surface area contributed by atoms with Gasteiger partial charge in [0.1, 0.15) is 11.3 Å². The van der Waals surface area contributed by atoms with Crippen molar-refractivity contribution in [3.8, 4) is 0 Å². The van der Waals surface area contributed by atoms with Crippen LogP contribution in [-0.4, -0.2) is 49.3 Å². The first kappa shape index (κ1) is 20.2. The molecule has 0 bridgehead atoms. The highest BCUT2D eigenvalue weighted by Gasteiger charge is 2.41. The van der Waals surface area contributed by atoms with Gasteiger partial charge in [-0.3, -0.25) is 4.79 Å². The Balaban J connectivity index is 1.66. The number of aliphatic hydroxyl groups is 1. The van der Waals surface area contributed by atoms with Crippen molar-refractivity contribution in [3.63, 3.8) is 0 Å². The second-order valence-corrected chi connectivity index (χ2v) is 8.57. The molecule has 9 heteroatoms. The first-order chi connectivity index (χ1) is 14.1. The molecular weight excluding hydrogens is 391 g/mol. The van der Waals surface area contributed by atoms with Crippen LogP contribution in [0.25, 0.3) is 5.65 Å². The maximum absolute atomic E-state index is 14.2. The lowest BCUT2D eigenvalue weighted by Crippen LogP contribution is -2.44. The molecule has 2 aromatic heterocycles. The van der Waals surface area contributed by atoms with E-state index in [4.69, 9.17) is 4.74 Å². The highest BCUT2D eigenvalue weighted by molar-refractivity contribution is 5.96. The fourth-order valence-corrected chi connectivity index (χ4v) is 3.92. The van der Waals surface area contributed by atoms with E-state index in [2.05, 4.69) is 15.4 Å². The number of fused-ring (bicyclic) bond motifs is 2.